The van der Waals surface area contributed by atoms with E-state index in [1.165, 1.54) is 161 Å². The van der Waals surface area contributed by atoms with E-state index in [9.17, 15) is 19.0 Å². The van der Waals surface area contributed by atoms with E-state index in [0.29, 0.717) is 23.9 Å². The highest BCUT2D eigenvalue weighted by molar-refractivity contribution is 7.47. The van der Waals surface area contributed by atoms with Crippen molar-refractivity contribution in [2.75, 3.05) is 47.5 Å². The number of hydrogen-bond acceptors (Lipinski definition) is 7. The lowest BCUT2D eigenvalue weighted by Crippen LogP contribution is -2.37. The van der Waals surface area contributed by atoms with Crippen LogP contribution in [0.2, 0.25) is 0 Å². The molecule has 1 unspecified atom stereocenters. The number of esters is 2. The molecule has 0 fully saturated rings. The van der Waals surface area contributed by atoms with Crippen LogP contribution in [0.25, 0.3) is 0 Å². The number of unbranched alkanes of at least 4 members (excludes halogenated alkanes) is 28. The summed E-state index contributed by atoms with van der Waals surface area (Å²) in [6, 6.07) is 0. The molecule has 2 atom stereocenters. The number of carbonyl (C=O) groups excluding carboxylic acids is 2. The van der Waals surface area contributed by atoms with Crippen LogP contribution in [0.5, 0.6) is 0 Å². The highest BCUT2D eigenvalue weighted by Gasteiger charge is 2.27. The first-order chi connectivity index (χ1) is 27.5. The Kier molecular flexibility index (Phi) is 39.3. The molecule has 0 aliphatic rings. The molecule has 0 aliphatic heterocycles. The van der Waals surface area contributed by atoms with Crippen molar-refractivity contribution in [3.05, 3.63) is 12.2 Å². The second kappa shape index (κ2) is 40.2. The van der Waals surface area contributed by atoms with Crippen LogP contribution in [0.15, 0.2) is 12.2 Å². The lowest BCUT2D eigenvalue weighted by molar-refractivity contribution is -0.870. The largest absolute Gasteiger partial charge is 0.472 e. The number of hydrogen-bond donors (Lipinski definition) is 1. The van der Waals surface area contributed by atoms with Gasteiger partial charge in [0.2, 0.25) is 0 Å². The van der Waals surface area contributed by atoms with E-state index in [1.54, 1.807) is 0 Å². The molecular formula is C47H93NO8P+. The molecule has 0 heterocycles. The van der Waals surface area contributed by atoms with Crippen molar-refractivity contribution < 1.29 is 42.1 Å². The molecule has 0 aromatic carbocycles. The zero-order valence-corrected chi connectivity index (χ0v) is 39.0. The van der Waals surface area contributed by atoms with Crippen LogP contribution in [0.4, 0.5) is 0 Å². The number of carbonyl (C=O) groups is 2. The van der Waals surface area contributed by atoms with Gasteiger partial charge in [-0.2, -0.15) is 0 Å². The Labute approximate surface area is 352 Å². The van der Waals surface area contributed by atoms with Crippen LogP contribution in [-0.2, 0) is 32.7 Å². The van der Waals surface area contributed by atoms with E-state index in [1.807, 2.05) is 21.1 Å². The van der Waals surface area contributed by atoms with Crippen molar-refractivity contribution in [2.24, 2.45) is 0 Å². The minimum atomic E-state index is -4.37. The van der Waals surface area contributed by atoms with Crippen molar-refractivity contribution >= 4 is 19.8 Å². The minimum absolute atomic E-state index is 0.0350. The predicted octanol–water partition coefficient (Wildman–Crippen LogP) is 13.8. The fraction of sp³-hybridized carbons (Fsp3) is 0.915. The molecule has 0 amide bonds. The van der Waals surface area contributed by atoms with Crippen LogP contribution >= 0.6 is 7.82 Å². The molecule has 0 aromatic rings. The summed E-state index contributed by atoms with van der Waals surface area (Å²) in [5.74, 6) is -0.788. The monoisotopic (exact) mass is 831 g/mol. The van der Waals surface area contributed by atoms with Crippen molar-refractivity contribution in [3.63, 3.8) is 0 Å². The van der Waals surface area contributed by atoms with Crippen molar-refractivity contribution in [1.29, 1.82) is 0 Å². The van der Waals surface area contributed by atoms with Gasteiger partial charge < -0.3 is 18.9 Å². The second-order valence-corrected chi connectivity index (χ2v) is 19.0. The smallest absolute Gasteiger partial charge is 0.462 e. The van der Waals surface area contributed by atoms with E-state index in [-0.39, 0.29) is 25.6 Å². The first-order valence-electron chi connectivity index (χ1n) is 23.9. The molecule has 0 aromatic heterocycles. The third-order valence-corrected chi connectivity index (χ3v) is 11.5. The average Bonchev–Trinajstić information content (AvgIpc) is 3.16. The summed E-state index contributed by atoms with van der Waals surface area (Å²) in [7, 11) is 1.49. The molecule has 0 saturated heterocycles. The topological polar surface area (TPSA) is 108 Å². The maximum absolute atomic E-state index is 12.7. The molecule has 0 rings (SSSR count). The van der Waals surface area contributed by atoms with Crippen LogP contribution in [0.1, 0.15) is 226 Å². The Balaban J connectivity index is 4.23. The van der Waals surface area contributed by atoms with E-state index in [2.05, 4.69) is 26.0 Å². The standard InChI is InChI=1S/C47H92NO8P/c1-6-8-10-12-14-16-18-20-21-22-23-24-25-26-27-28-30-32-34-36-38-40-47(50)56-45(44-55-57(51,52)54-42-41-48(3,4)5)43-53-46(49)39-37-35-33-31-29-19-17-15-13-11-9-7-2/h20-21,45H,6-19,22-44H2,1-5H3/p+1/b21-20-/t45-/m1/s1. The van der Waals surface area contributed by atoms with E-state index < -0.39 is 26.5 Å². The Morgan fingerprint density at radius 2 is 0.895 bits per heavy atom. The molecular weight excluding hydrogens is 737 g/mol. The van der Waals surface area contributed by atoms with Crippen molar-refractivity contribution in [1.82, 2.24) is 0 Å². The average molecular weight is 831 g/mol. The third kappa shape index (κ3) is 44.1. The Morgan fingerprint density at radius 1 is 0.526 bits per heavy atom. The summed E-state index contributed by atoms with van der Waals surface area (Å²) in [5, 5.41) is 0. The van der Waals surface area contributed by atoms with Crippen LogP contribution in [0.3, 0.4) is 0 Å². The molecule has 338 valence electrons. The molecule has 57 heavy (non-hydrogen) atoms. The predicted molar refractivity (Wildman–Crippen MR) is 238 cm³/mol. The number of quaternary nitrogens is 1. The van der Waals surface area contributed by atoms with Gasteiger partial charge in [-0.3, -0.25) is 18.6 Å². The highest BCUT2D eigenvalue weighted by Crippen LogP contribution is 2.43. The third-order valence-electron chi connectivity index (χ3n) is 10.5. The summed E-state index contributed by atoms with van der Waals surface area (Å²) >= 11 is 0. The van der Waals surface area contributed by atoms with Crippen molar-refractivity contribution in [2.45, 2.75) is 232 Å². The van der Waals surface area contributed by atoms with Gasteiger partial charge in [-0.25, -0.2) is 4.57 Å². The maximum atomic E-state index is 12.7. The molecule has 0 aliphatic carbocycles. The summed E-state index contributed by atoms with van der Waals surface area (Å²) in [6.45, 7) is 4.44. The molecule has 0 radical (unpaired) electrons. The molecule has 0 spiro atoms. The van der Waals surface area contributed by atoms with E-state index in [0.717, 1.165) is 32.1 Å². The maximum Gasteiger partial charge on any atom is 0.472 e. The second-order valence-electron chi connectivity index (χ2n) is 17.5. The fourth-order valence-electron chi connectivity index (χ4n) is 6.77. The van der Waals surface area contributed by atoms with E-state index in [4.69, 9.17) is 18.5 Å². The van der Waals surface area contributed by atoms with Crippen LogP contribution in [0, 0.1) is 0 Å². The SMILES string of the molecule is CCCCCCCC/C=C\CCCCCCCCCCCCCC(=O)O[C@H](COC(=O)CCCCCCCCCCCCCC)COP(=O)(O)OCC[N+](C)(C)C. The number of nitrogens with zero attached hydrogens (tertiary/aromatic N) is 1. The van der Waals surface area contributed by atoms with Gasteiger partial charge in [0.1, 0.15) is 19.8 Å². The molecule has 10 heteroatoms. The van der Waals surface area contributed by atoms with Gasteiger partial charge in [0.15, 0.2) is 6.10 Å². The first-order valence-corrected chi connectivity index (χ1v) is 25.4. The Hall–Kier alpha value is -1.25. The van der Waals surface area contributed by atoms with Gasteiger partial charge in [0, 0.05) is 12.8 Å². The number of phosphoric ester groups is 1. The van der Waals surface area contributed by atoms with Gasteiger partial charge in [0.25, 0.3) is 0 Å². The van der Waals surface area contributed by atoms with Gasteiger partial charge in [-0.1, -0.05) is 187 Å². The van der Waals surface area contributed by atoms with Crippen LogP contribution < -0.4 is 0 Å². The highest BCUT2D eigenvalue weighted by atomic mass is 31.2. The number of likely N-dealkylation sites (N-methyl/N-ethyl adjacent to an activating group) is 1. The summed E-state index contributed by atoms with van der Waals surface area (Å²) in [6.07, 6.45) is 42.6. The minimum Gasteiger partial charge on any atom is -0.462 e. The normalized spacial score (nSPS) is 13.6. The molecule has 9 nitrogen and oxygen atoms in total. The van der Waals surface area contributed by atoms with Crippen LogP contribution in [-0.4, -0.2) is 74.9 Å². The molecule has 0 saturated carbocycles. The molecule has 0 bridgehead atoms. The summed E-state index contributed by atoms with van der Waals surface area (Å²) < 4.78 is 34.4. The fourth-order valence-corrected chi connectivity index (χ4v) is 7.52. The zero-order valence-electron chi connectivity index (χ0n) is 38.1. The summed E-state index contributed by atoms with van der Waals surface area (Å²) in [5.41, 5.74) is 0. The molecule has 1 N–H and O–H groups in total. The van der Waals surface area contributed by atoms with Gasteiger partial charge in [-0.15, -0.1) is 0 Å². The van der Waals surface area contributed by atoms with Gasteiger partial charge in [0.05, 0.1) is 27.7 Å². The number of rotatable bonds is 44. The lowest BCUT2D eigenvalue weighted by Gasteiger charge is -2.24. The Bertz CT molecular complexity index is 985. The first kappa shape index (κ1) is 55.8. The number of ether oxygens (including phenoxy) is 2. The van der Waals surface area contributed by atoms with Crippen molar-refractivity contribution in [3.8, 4) is 0 Å². The lowest BCUT2D eigenvalue weighted by atomic mass is 10.0. The zero-order chi connectivity index (χ0) is 42.1. The number of allylic oxidation sites excluding steroid dienone is 2. The number of phosphoric acid groups is 1. The van der Waals surface area contributed by atoms with Gasteiger partial charge in [-0.05, 0) is 38.5 Å². The van der Waals surface area contributed by atoms with E-state index >= 15 is 0 Å². The Morgan fingerprint density at radius 3 is 1.30 bits per heavy atom. The quantitative estimate of drug-likeness (QED) is 0.0213. The van der Waals surface area contributed by atoms with Gasteiger partial charge >= 0.3 is 19.8 Å². The summed E-state index contributed by atoms with van der Waals surface area (Å²) in [4.78, 5) is 35.4.